The van der Waals surface area contributed by atoms with E-state index in [0.717, 1.165) is 38.8 Å². The molecular formula is C22H31NO3. The van der Waals surface area contributed by atoms with Crippen molar-refractivity contribution in [3.05, 3.63) is 29.3 Å². The SMILES string of the molecule is CCCO[C@@H]1C[C@@H]2C[C@H]1CN2c1ccc2c(c1)CC[C@H](C(=O)OCC)C2. The molecule has 0 N–H and O–H groups in total. The van der Waals surface area contributed by atoms with Crippen LogP contribution in [0.3, 0.4) is 0 Å². The van der Waals surface area contributed by atoms with Crippen LogP contribution in [0, 0.1) is 11.8 Å². The van der Waals surface area contributed by atoms with Crippen molar-refractivity contribution >= 4 is 11.7 Å². The highest BCUT2D eigenvalue weighted by molar-refractivity contribution is 5.73. The number of fused-ring (bicyclic) bond motifs is 3. The fourth-order valence-electron chi connectivity index (χ4n) is 5.08. The van der Waals surface area contributed by atoms with Gasteiger partial charge in [-0.1, -0.05) is 13.0 Å². The van der Waals surface area contributed by atoms with E-state index in [0.29, 0.717) is 24.7 Å². The Morgan fingerprint density at radius 3 is 2.85 bits per heavy atom. The number of benzene rings is 1. The maximum atomic E-state index is 12.0. The van der Waals surface area contributed by atoms with Crippen LogP contribution < -0.4 is 4.90 Å². The summed E-state index contributed by atoms with van der Waals surface area (Å²) in [5.74, 6) is 0.695. The molecule has 0 spiro atoms. The molecule has 2 fully saturated rings. The number of carbonyl (C=O) groups excluding carboxylic acids is 1. The number of piperidine rings is 1. The standard InChI is InChI=1S/C22H31NO3/c1-3-9-26-21-13-20-12-18(21)14-23(20)19-8-7-15-10-17(22(24)25-4-2)6-5-16(15)11-19/h7-8,11,17-18,20-21H,3-6,9-10,12-14H2,1-2H3/t17-,18-,20-,21+/m0/s1. The molecule has 3 aliphatic rings. The molecule has 4 rings (SSSR count). The summed E-state index contributed by atoms with van der Waals surface area (Å²) in [4.78, 5) is 14.6. The van der Waals surface area contributed by atoms with Crippen molar-refractivity contribution < 1.29 is 14.3 Å². The van der Waals surface area contributed by atoms with Gasteiger partial charge in [-0.05, 0) is 68.7 Å². The summed E-state index contributed by atoms with van der Waals surface area (Å²) < 4.78 is 11.3. The summed E-state index contributed by atoms with van der Waals surface area (Å²) in [5, 5.41) is 0. The zero-order valence-electron chi connectivity index (χ0n) is 16.1. The van der Waals surface area contributed by atoms with Crippen molar-refractivity contribution in [2.24, 2.45) is 11.8 Å². The number of hydrogen-bond donors (Lipinski definition) is 0. The van der Waals surface area contributed by atoms with Crippen LogP contribution in [0.5, 0.6) is 0 Å². The maximum absolute atomic E-state index is 12.0. The third-order valence-electron chi connectivity index (χ3n) is 6.38. The van der Waals surface area contributed by atoms with Crippen LogP contribution in [-0.4, -0.2) is 37.9 Å². The van der Waals surface area contributed by atoms with Gasteiger partial charge < -0.3 is 14.4 Å². The molecule has 4 atom stereocenters. The fourth-order valence-corrected chi connectivity index (χ4v) is 5.08. The lowest BCUT2D eigenvalue weighted by atomic mass is 9.83. The zero-order valence-corrected chi connectivity index (χ0v) is 16.1. The number of rotatable bonds is 6. The normalized spacial score (nSPS) is 29.7. The molecule has 142 valence electrons. The van der Waals surface area contributed by atoms with Crippen LogP contribution in [-0.2, 0) is 27.1 Å². The maximum Gasteiger partial charge on any atom is 0.309 e. The Kier molecular flexibility index (Phi) is 5.21. The molecule has 0 amide bonds. The van der Waals surface area contributed by atoms with Crippen molar-refractivity contribution in [2.45, 2.75) is 64.5 Å². The van der Waals surface area contributed by atoms with Crippen molar-refractivity contribution in [3.8, 4) is 0 Å². The average Bonchev–Trinajstić information content (AvgIpc) is 3.26. The molecule has 1 aliphatic heterocycles. The largest absolute Gasteiger partial charge is 0.466 e. The molecule has 0 unspecified atom stereocenters. The third kappa shape index (κ3) is 3.36. The molecule has 0 aromatic heterocycles. The van der Waals surface area contributed by atoms with E-state index in [-0.39, 0.29) is 11.9 Å². The predicted octanol–water partition coefficient (Wildman–Crippen LogP) is 3.75. The Balaban J connectivity index is 1.41. The Hall–Kier alpha value is -1.55. The first kappa shape index (κ1) is 17.8. The van der Waals surface area contributed by atoms with Crippen molar-refractivity contribution in [1.29, 1.82) is 0 Å². The number of aryl methyl sites for hydroxylation is 1. The molecule has 1 saturated carbocycles. The highest BCUT2D eigenvalue weighted by Gasteiger charge is 2.45. The quantitative estimate of drug-likeness (QED) is 0.727. The van der Waals surface area contributed by atoms with E-state index >= 15 is 0 Å². The summed E-state index contributed by atoms with van der Waals surface area (Å²) in [6.45, 7) is 6.56. The molecule has 2 bridgehead atoms. The number of anilines is 1. The first-order valence-electron chi connectivity index (χ1n) is 10.4. The van der Waals surface area contributed by atoms with E-state index in [9.17, 15) is 4.79 Å². The van der Waals surface area contributed by atoms with Crippen LogP contribution in [0.25, 0.3) is 0 Å². The minimum absolute atomic E-state index is 0.0304. The third-order valence-corrected chi connectivity index (χ3v) is 6.38. The zero-order chi connectivity index (χ0) is 18.1. The highest BCUT2D eigenvalue weighted by atomic mass is 16.5. The number of carbonyl (C=O) groups is 1. The van der Waals surface area contributed by atoms with Crippen molar-refractivity contribution in [3.63, 3.8) is 0 Å². The second-order valence-electron chi connectivity index (χ2n) is 8.09. The van der Waals surface area contributed by atoms with Crippen LogP contribution in [0.4, 0.5) is 5.69 Å². The summed E-state index contributed by atoms with van der Waals surface area (Å²) in [7, 11) is 0. The topological polar surface area (TPSA) is 38.8 Å². The van der Waals surface area contributed by atoms with E-state index < -0.39 is 0 Å². The lowest BCUT2D eigenvalue weighted by molar-refractivity contribution is -0.148. The Morgan fingerprint density at radius 2 is 2.12 bits per heavy atom. The lowest BCUT2D eigenvalue weighted by Crippen LogP contribution is -2.38. The Bertz CT molecular complexity index is 659. The monoisotopic (exact) mass is 357 g/mol. The van der Waals surface area contributed by atoms with E-state index in [2.05, 4.69) is 30.0 Å². The first-order chi connectivity index (χ1) is 12.7. The van der Waals surface area contributed by atoms with Gasteiger partial charge in [0.1, 0.15) is 0 Å². The van der Waals surface area contributed by atoms with Crippen molar-refractivity contribution in [2.75, 3.05) is 24.7 Å². The first-order valence-corrected chi connectivity index (χ1v) is 10.4. The summed E-state index contributed by atoms with van der Waals surface area (Å²) in [6, 6.07) is 7.51. The molecule has 1 aromatic carbocycles. The second-order valence-corrected chi connectivity index (χ2v) is 8.09. The van der Waals surface area contributed by atoms with Gasteiger partial charge in [0.15, 0.2) is 0 Å². The molecule has 1 heterocycles. The van der Waals surface area contributed by atoms with Gasteiger partial charge in [-0.25, -0.2) is 0 Å². The van der Waals surface area contributed by atoms with Gasteiger partial charge in [0, 0.05) is 30.8 Å². The predicted molar refractivity (Wildman–Crippen MR) is 102 cm³/mol. The van der Waals surface area contributed by atoms with Gasteiger partial charge in [-0.2, -0.15) is 0 Å². The molecule has 1 aromatic rings. The Morgan fingerprint density at radius 1 is 1.23 bits per heavy atom. The second kappa shape index (κ2) is 7.59. The van der Waals surface area contributed by atoms with Crippen LogP contribution in [0.1, 0.15) is 50.7 Å². The number of hydrogen-bond acceptors (Lipinski definition) is 4. The summed E-state index contributed by atoms with van der Waals surface area (Å²) in [5.41, 5.74) is 4.11. The van der Waals surface area contributed by atoms with Crippen LogP contribution in [0.15, 0.2) is 18.2 Å². The molecule has 0 radical (unpaired) electrons. The Labute approximate surface area is 156 Å². The summed E-state index contributed by atoms with van der Waals surface area (Å²) in [6.07, 6.45) is 6.75. The van der Waals surface area contributed by atoms with Gasteiger partial charge in [-0.3, -0.25) is 4.79 Å². The van der Waals surface area contributed by atoms with E-state index in [1.807, 2.05) is 6.92 Å². The van der Waals surface area contributed by atoms with Crippen LogP contribution >= 0.6 is 0 Å². The smallest absolute Gasteiger partial charge is 0.309 e. The van der Waals surface area contributed by atoms with Gasteiger partial charge in [-0.15, -0.1) is 0 Å². The molecular weight excluding hydrogens is 326 g/mol. The average molecular weight is 357 g/mol. The molecule has 1 saturated heterocycles. The van der Waals surface area contributed by atoms with E-state index in [1.54, 1.807) is 0 Å². The number of esters is 1. The van der Waals surface area contributed by atoms with Gasteiger partial charge in [0.25, 0.3) is 0 Å². The summed E-state index contributed by atoms with van der Waals surface area (Å²) >= 11 is 0. The van der Waals surface area contributed by atoms with Gasteiger partial charge in [0.2, 0.25) is 0 Å². The van der Waals surface area contributed by atoms with E-state index in [1.165, 1.54) is 29.7 Å². The molecule has 26 heavy (non-hydrogen) atoms. The number of ether oxygens (including phenoxy) is 2. The van der Waals surface area contributed by atoms with Crippen molar-refractivity contribution in [1.82, 2.24) is 0 Å². The van der Waals surface area contributed by atoms with Gasteiger partial charge in [0.05, 0.1) is 18.6 Å². The highest BCUT2D eigenvalue weighted by Crippen LogP contribution is 2.42. The lowest BCUT2D eigenvalue weighted by Gasteiger charge is -2.34. The van der Waals surface area contributed by atoms with Gasteiger partial charge >= 0.3 is 5.97 Å². The number of nitrogens with zero attached hydrogens (tertiary/aromatic N) is 1. The molecule has 4 heteroatoms. The van der Waals surface area contributed by atoms with Crippen LogP contribution in [0.2, 0.25) is 0 Å². The molecule has 2 aliphatic carbocycles. The fraction of sp³-hybridized carbons (Fsp3) is 0.682. The minimum atomic E-state index is -0.0304. The van der Waals surface area contributed by atoms with E-state index in [4.69, 9.17) is 9.47 Å². The molecule has 4 nitrogen and oxygen atoms in total. The minimum Gasteiger partial charge on any atom is -0.466 e.